The Balaban J connectivity index is 1.91. The number of nitro benzene ring substituents is 1. The molecular weight excluding hydrogens is 274 g/mol. The number of nitro groups is 1. The number of carbonyl (C=O) groups is 1. The molecule has 1 fully saturated rings. The van der Waals surface area contributed by atoms with Crippen LogP contribution in [0.5, 0.6) is 0 Å². The maximum atomic E-state index is 11.8. The smallest absolute Gasteiger partial charge is 0.319 e. The molecule has 2 N–H and O–H groups in total. The van der Waals surface area contributed by atoms with Crippen LogP contribution in [-0.2, 0) is 4.74 Å². The van der Waals surface area contributed by atoms with Crippen LogP contribution >= 0.6 is 0 Å². The quantitative estimate of drug-likeness (QED) is 0.644. The summed E-state index contributed by atoms with van der Waals surface area (Å²) in [6.45, 7) is 2.09. The van der Waals surface area contributed by atoms with Gasteiger partial charge in [0.1, 0.15) is 0 Å². The van der Waals surface area contributed by atoms with Crippen LogP contribution in [0.4, 0.5) is 16.2 Å². The van der Waals surface area contributed by atoms with Crippen molar-refractivity contribution in [2.24, 2.45) is 0 Å². The van der Waals surface area contributed by atoms with E-state index >= 15 is 0 Å². The molecule has 0 unspecified atom stereocenters. The number of nitrogens with zero attached hydrogens (tertiary/aromatic N) is 1. The van der Waals surface area contributed by atoms with Gasteiger partial charge in [-0.1, -0.05) is 0 Å². The molecule has 1 aliphatic carbocycles. The molecule has 7 nitrogen and oxygen atoms in total. The lowest BCUT2D eigenvalue weighted by atomic mass is 9.80. The first-order chi connectivity index (χ1) is 9.96. The number of ether oxygens (including phenoxy) is 1. The van der Waals surface area contributed by atoms with Crippen LogP contribution in [0.25, 0.3) is 0 Å². The third kappa shape index (κ3) is 3.49. The van der Waals surface area contributed by atoms with Gasteiger partial charge in [0.2, 0.25) is 0 Å². The van der Waals surface area contributed by atoms with E-state index in [4.69, 9.17) is 4.74 Å². The third-order valence-corrected chi connectivity index (χ3v) is 3.92. The lowest BCUT2D eigenvalue weighted by molar-refractivity contribution is -0.385. The zero-order valence-electron chi connectivity index (χ0n) is 12.1. The van der Waals surface area contributed by atoms with Gasteiger partial charge in [0.15, 0.2) is 0 Å². The van der Waals surface area contributed by atoms with Crippen molar-refractivity contribution in [3.8, 4) is 0 Å². The van der Waals surface area contributed by atoms with Crippen molar-refractivity contribution >= 4 is 17.4 Å². The van der Waals surface area contributed by atoms with Crippen LogP contribution in [0.3, 0.4) is 0 Å². The molecule has 7 heteroatoms. The summed E-state index contributed by atoms with van der Waals surface area (Å²) in [5.74, 6) is 0. The van der Waals surface area contributed by atoms with E-state index in [9.17, 15) is 14.9 Å². The number of benzene rings is 1. The second kappa shape index (κ2) is 6.09. The van der Waals surface area contributed by atoms with E-state index in [0.717, 1.165) is 19.3 Å². The van der Waals surface area contributed by atoms with Gasteiger partial charge in [0, 0.05) is 31.0 Å². The molecule has 2 rings (SSSR count). The Morgan fingerprint density at radius 1 is 1.48 bits per heavy atom. The maximum absolute atomic E-state index is 11.8. The minimum absolute atomic E-state index is 0.0359. The zero-order chi connectivity index (χ0) is 15.5. The van der Waals surface area contributed by atoms with Crippen LogP contribution in [0.15, 0.2) is 18.2 Å². The molecule has 0 aromatic heterocycles. The van der Waals surface area contributed by atoms with Gasteiger partial charge in [-0.25, -0.2) is 4.79 Å². The SMILES string of the molecule is COC1(CNC(=O)Nc2ccc([N+](=O)[O-])c(C)c2)CCC1. The number of hydrogen-bond donors (Lipinski definition) is 2. The highest BCUT2D eigenvalue weighted by molar-refractivity contribution is 5.89. The molecule has 1 aliphatic rings. The average Bonchev–Trinajstić information content (AvgIpc) is 2.37. The molecule has 0 atom stereocenters. The third-order valence-electron chi connectivity index (χ3n) is 3.92. The molecule has 0 aliphatic heterocycles. The van der Waals surface area contributed by atoms with E-state index in [1.807, 2.05) is 0 Å². The number of anilines is 1. The fourth-order valence-electron chi connectivity index (χ4n) is 2.38. The number of hydrogen-bond acceptors (Lipinski definition) is 4. The Morgan fingerprint density at radius 2 is 2.19 bits per heavy atom. The fraction of sp³-hybridized carbons (Fsp3) is 0.500. The Kier molecular flexibility index (Phi) is 4.42. The number of nitrogens with one attached hydrogen (secondary N) is 2. The van der Waals surface area contributed by atoms with Crippen molar-refractivity contribution in [1.29, 1.82) is 0 Å². The summed E-state index contributed by atoms with van der Waals surface area (Å²) in [6, 6.07) is 4.13. The summed E-state index contributed by atoms with van der Waals surface area (Å²) in [5.41, 5.74) is 0.831. The van der Waals surface area contributed by atoms with E-state index in [2.05, 4.69) is 10.6 Å². The van der Waals surface area contributed by atoms with Crippen molar-refractivity contribution in [1.82, 2.24) is 5.32 Å². The molecule has 2 amide bonds. The Morgan fingerprint density at radius 3 is 2.67 bits per heavy atom. The molecule has 0 heterocycles. The summed E-state index contributed by atoms with van der Waals surface area (Å²) in [5, 5.41) is 16.2. The largest absolute Gasteiger partial charge is 0.376 e. The number of urea groups is 1. The number of amides is 2. The highest BCUT2D eigenvalue weighted by atomic mass is 16.6. The molecule has 1 aromatic rings. The van der Waals surface area contributed by atoms with E-state index in [-0.39, 0.29) is 17.3 Å². The average molecular weight is 293 g/mol. The Bertz CT molecular complexity index is 550. The second-order valence-electron chi connectivity index (χ2n) is 5.31. The summed E-state index contributed by atoms with van der Waals surface area (Å²) in [7, 11) is 1.65. The molecule has 21 heavy (non-hydrogen) atoms. The Hall–Kier alpha value is -2.15. The summed E-state index contributed by atoms with van der Waals surface area (Å²) in [4.78, 5) is 22.1. The highest BCUT2D eigenvalue weighted by Gasteiger charge is 2.37. The van der Waals surface area contributed by atoms with Gasteiger partial charge in [-0.05, 0) is 38.3 Å². The molecule has 114 valence electrons. The van der Waals surface area contributed by atoms with Gasteiger partial charge < -0.3 is 15.4 Å². The molecule has 1 saturated carbocycles. The van der Waals surface area contributed by atoms with Gasteiger partial charge in [0.25, 0.3) is 5.69 Å². The van der Waals surface area contributed by atoms with Crippen LogP contribution in [0.2, 0.25) is 0 Å². The highest BCUT2D eigenvalue weighted by Crippen LogP contribution is 2.34. The predicted molar refractivity (Wildman–Crippen MR) is 78.4 cm³/mol. The molecule has 0 saturated heterocycles. The molecule has 1 aromatic carbocycles. The molecule has 0 bridgehead atoms. The van der Waals surface area contributed by atoms with Gasteiger partial charge in [0.05, 0.1) is 10.5 Å². The first-order valence-electron chi connectivity index (χ1n) is 6.81. The first kappa shape index (κ1) is 15.2. The molecule has 0 spiro atoms. The van der Waals surface area contributed by atoms with Crippen LogP contribution in [-0.4, -0.2) is 30.2 Å². The first-order valence-corrected chi connectivity index (χ1v) is 6.81. The van der Waals surface area contributed by atoms with Crippen LogP contribution < -0.4 is 10.6 Å². The minimum atomic E-state index is -0.446. The van der Waals surface area contributed by atoms with Gasteiger partial charge in [-0.3, -0.25) is 10.1 Å². The number of carbonyl (C=O) groups excluding carboxylic acids is 1. The van der Waals surface area contributed by atoms with Crippen molar-refractivity contribution in [3.63, 3.8) is 0 Å². The standard InChI is InChI=1S/C14H19N3O4/c1-10-8-11(4-5-12(10)17(19)20)16-13(18)15-9-14(21-2)6-3-7-14/h4-5,8H,3,6-7,9H2,1-2H3,(H2,15,16,18). The van der Waals surface area contributed by atoms with Crippen molar-refractivity contribution in [2.45, 2.75) is 31.8 Å². The van der Waals surface area contributed by atoms with E-state index in [1.165, 1.54) is 12.1 Å². The lowest BCUT2D eigenvalue weighted by Gasteiger charge is -2.40. The topological polar surface area (TPSA) is 93.5 Å². The fourth-order valence-corrected chi connectivity index (χ4v) is 2.38. The molecule has 0 radical (unpaired) electrons. The van der Waals surface area contributed by atoms with E-state index in [0.29, 0.717) is 17.8 Å². The second-order valence-corrected chi connectivity index (χ2v) is 5.31. The summed E-state index contributed by atoms with van der Waals surface area (Å²) in [6.07, 6.45) is 3.00. The van der Waals surface area contributed by atoms with Crippen molar-refractivity contribution in [3.05, 3.63) is 33.9 Å². The van der Waals surface area contributed by atoms with Crippen molar-refractivity contribution < 1.29 is 14.5 Å². The normalized spacial score (nSPS) is 15.9. The van der Waals surface area contributed by atoms with Gasteiger partial charge in [-0.2, -0.15) is 0 Å². The predicted octanol–water partition coefficient (Wildman–Crippen LogP) is 2.59. The summed E-state index contributed by atoms with van der Waals surface area (Å²) >= 11 is 0. The van der Waals surface area contributed by atoms with Crippen LogP contribution in [0.1, 0.15) is 24.8 Å². The lowest BCUT2D eigenvalue weighted by Crippen LogP contribution is -2.50. The Labute approximate surface area is 122 Å². The van der Waals surface area contributed by atoms with E-state index < -0.39 is 4.92 Å². The minimum Gasteiger partial charge on any atom is -0.376 e. The van der Waals surface area contributed by atoms with Gasteiger partial charge in [-0.15, -0.1) is 0 Å². The maximum Gasteiger partial charge on any atom is 0.319 e. The number of methoxy groups -OCH3 is 1. The van der Waals surface area contributed by atoms with E-state index in [1.54, 1.807) is 20.1 Å². The number of rotatable bonds is 5. The monoisotopic (exact) mass is 293 g/mol. The van der Waals surface area contributed by atoms with Gasteiger partial charge >= 0.3 is 6.03 Å². The van der Waals surface area contributed by atoms with Crippen molar-refractivity contribution in [2.75, 3.05) is 19.0 Å². The number of aryl methyl sites for hydroxylation is 1. The van der Waals surface area contributed by atoms with Crippen LogP contribution in [0, 0.1) is 17.0 Å². The zero-order valence-corrected chi connectivity index (χ0v) is 12.1. The molecular formula is C14H19N3O4. The summed E-state index contributed by atoms with van der Waals surface area (Å²) < 4.78 is 5.42.